The number of piperazine rings is 1. The van der Waals surface area contributed by atoms with Gasteiger partial charge in [-0.15, -0.1) is 0 Å². The van der Waals surface area contributed by atoms with E-state index >= 15 is 0 Å². The van der Waals surface area contributed by atoms with Gasteiger partial charge in [0.05, 0.1) is 12.1 Å². The number of aromatic nitrogens is 1. The Morgan fingerprint density at radius 1 is 1.24 bits per heavy atom. The molecule has 0 amide bonds. The van der Waals surface area contributed by atoms with Crippen LogP contribution in [0.15, 0.2) is 29.7 Å². The van der Waals surface area contributed by atoms with E-state index in [4.69, 9.17) is 4.74 Å². The summed E-state index contributed by atoms with van der Waals surface area (Å²) in [6, 6.07) is 4.10. The summed E-state index contributed by atoms with van der Waals surface area (Å²) in [7, 11) is 0. The quantitative estimate of drug-likeness (QED) is 0.761. The van der Waals surface area contributed by atoms with Crippen molar-refractivity contribution in [1.29, 1.82) is 0 Å². The predicted octanol–water partition coefficient (Wildman–Crippen LogP) is 2.43. The van der Waals surface area contributed by atoms with Gasteiger partial charge < -0.3 is 19.5 Å². The SMILES string of the molecule is C=C(CCN1CCNCC1)c1cc2c3c(c1)c(=O)c(C(=O)OCC)cn3CCC2. The second kappa shape index (κ2) is 8.51. The monoisotopic (exact) mass is 395 g/mol. The Balaban J connectivity index is 1.69. The Morgan fingerprint density at radius 2 is 2.03 bits per heavy atom. The minimum atomic E-state index is -0.543. The van der Waals surface area contributed by atoms with Gasteiger partial charge in [0.2, 0.25) is 5.43 Å². The molecule has 6 heteroatoms. The number of nitrogens with one attached hydrogen (secondary N) is 1. The molecule has 0 atom stereocenters. The molecular weight excluding hydrogens is 366 g/mol. The van der Waals surface area contributed by atoms with Crippen molar-refractivity contribution in [2.45, 2.75) is 32.7 Å². The predicted molar refractivity (Wildman–Crippen MR) is 115 cm³/mol. The molecule has 2 aromatic rings. The van der Waals surface area contributed by atoms with E-state index in [2.05, 4.69) is 22.9 Å². The molecule has 1 aromatic heterocycles. The zero-order valence-electron chi connectivity index (χ0n) is 17.1. The van der Waals surface area contributed by atoms with Gasteiger partial charge in [0.1, 0.15) is 5.56 Å². The number of nitrogens with zero attached hydrogens (tertiary/aromatic N) is 2. The molecular formula is C23H29N3O3. The molecule has 2 aliphatic rings. The maximum atomic E-state index is 13.1. The minimum Gasteiger partial charge on any atom is -0.462 e. The first-order valence-electron chi connectivity index (χ1n) is 10.6. The van der Waals surface area contributed by atoms with E-state index in [0.29, 0.717) is 5.39 Å². The van der Waals surface area contributed by atoms with Gasteiger partial charge in [-0.05, 0) is 55.0 Å². The van der Waals surface area contributed by atoms with Gasteiger partial charge in [-0.2, -0.15) is 0 Å². The molecule has 4 rings (SSSR count). The molecule has 0 spiro atoms. The van der Waals surface area contributed by atoms with Crippen LogP contribution < -0.4 is 10.7 Å². The van der Waals surface area contributed by atoms with E-state index in [0.717, 1.165) is 75.2 Å². The molecule has 1 fully saturated rings. The van der Waals surface area contributed by atoms with Crippen molar-refractivity contribution < 1.29 is 9.53 Å². The first-order chi connectivity index (χ1) is 14.1. The zero-order valence-corrected chi connectivity index (χ0v) is 17.1. The third-order valence-corrected chi connectivity index (χ3v) is 5.94. The number of benzene rings is 1. The summed E-state index contributed by atoms with van der Waals surface area (Å²) in [6.45, 7) is 12.3. The van der Waals surface area contributed by atoms with Crippen molar-refractivity contribution >= 4 is 22.4 Å². The van der Waals surface area contributed by atoms with E-state index in [9.17, 15) is 9.59 Å². The van der Waals surface area contributed by atoms with Gasteiger partial charge in [0, 0.05) is 50.9 Å². The fourth-order valence-corrected chi connectivity index (χ4v) is 4.37. The number of carbonyl (C=O) groups is 1. The highest BCUT2D eigenvalue weighted by molar-refractivity contribution is 5.95. The minimum absolute atomic E-state index is 0.121. The summed E-state index contributed by atoms with van der Waals surface area (Å²) >= 11 is 0. The molecule has 29 heavy (non-hydrogen) atoms. The molecule has 0 radical (unpaired) electrons. The molecule has 3 heterocycles. The van der Waals surface area contributed by atoms with Crippen LogP contribution in [0.25, 0.3) is 16.5 Å². The van der Waals surface area contributed by atoms with Crippen LogP contribution in [0.3, 0.4) is 0 Å². The largest absolute Gasteiger partial charge is 0.462 e. The summed E-state index contributed by atoms with van der Waals surface area (Å²) in [4.78, 5) is 27.9. The number of hydrogen-bond acceptors (Lipinski definition) is 5. The van der Waals surface area contributed by atoms with Crippen LogP contribution in [0.5, 0.6) is 0 Å². The lowest BCUT2D eigenvalue weighted by Crippen LogP contribution is -2.43. The van der Waals surface area contributed by atoms with Crippen molar-refractivity contribution in [1.82, 2.24) is 14.8 Å². The van der Waals surface area contributed by atoms with Crippen LogP contribution in [0.2, 0.25) is 0 Å². The lowest BCUT2D eigenvalue weighted by atomic mass is 9.93. The van der Waals surface area contributed by atoms with Crippen molar-refractivity contribution in [2.24, 2.45) is 0 Å². The van der Waals surface area contributed by atoms with Crippen LogP contribution in [0.1, 0.15) is 41.3 Å². The molecule has 1 N–H and O–H groups in total. The van der Waals surface area contributed by atoms with Gasteiger partial charge in [-0.3, -0.25) is 4.79 Å². The summed E-state index contributed by atoms with van der Waals surface area (Å²) in [5, 5.41) is 3.97. The average molecular weight is 396 g/mol. The highest BCUT2D eigenvalue weighted by atomic mass is 16.5. The summed E-state index contributed by atoms with van der Waals surface area (Å²) in [5.74, 6) is -0.543. The molecule has 2 aliphatic heterocycles. The Kier molecular flexibility index (Phi) is 5.83. The van der Waals surface area contributed by atoms with E-state index in [1.54, 1.807) is 13.1 Å². The third kappa shape index (κ3) is 4.00. The van der Waals surface area contributed by atoms with Crippen LogP contribution in [0.4, 0.5) is 0 Å². The molecule has 154 valence electrons. The van der Waals surface area contributed by atoms with Crippen LogP contribution in [-0.4, -0.2) is 54.8 Å². The topological polar surface area (TPSA) is 63.6 Å². The molecule has 1 aromatic carbocycles. The van der Waals surface area contributed by atoms with E-state index < -0.39 is 5.97 Å². The summed E-state index contributed by atoms with van der Waals surface area (Å²) in [5.41, 5.74) is 4.05. The van der Waals surface area contributed by atoms with Gasteiger partial charge in [0.25, 0.3) is 0 Å². The second-order valence-electron chi connectivity index (χ2n) is 7.87. The lowest BCUT2D eigenvalue weighted by Gasteiger charge is -2.27. The maximum Gasteiger partial charge on any atom is 0.343 e. The summed E-state index contributed by atoms with van der Waals surface area (Å²) < 4.78 is 7.15. The number of rotatable bonds is 6. The van der Waals surface area contributed by atoms with Gasteiger partial charge in [-0.1, -0.05) is 6.58 Å². The van der Waals surface area contributed by atoms with E-state index in [1.807, 2.05) is 10.6 Å². The Bertz CT molecular complexity index is 1000. The molecule has 0 bridgehead atoms. The molecule has 0 saturated carbocycles. The van der Waals surface area contributed by atoms with Gasteiger partial charge in [0.15, 0.2) is 0 Å². The van der Waals surface area contributed by atoms with Crippen LogP contribution in [-0.2, 0) is 17.7 Å². The normalized spacial score (nSPS) is 16.7. The van der Waals surface area contributed by atoms with E-state index in [-0.39, 0.29) is 17.6 Å². The van der Waals surface area contributed by atoms with Gasteiger partial charge in [-0.25, -0.2) is 4.79 Å². The number of pyridine rings is 1. The lowest BCUT2D eigenvalue weighted by molar-refractivity contribution is 0.0524. The molecule has 1 saturated heterocycles. The van der Waals surface area contributed by atoms with Crippen molar-refractivity contribution in [3.05, 3.63) is 51.8 Å². The van der Waals surface area contributed by atoms with Crippen molar-refractivity contribution in [2.75, 3.05) is 39.3 Å². The van der Waals surface area contributed by atoms with Crippen LogP contribution in [0, 0.1) is 0 Å². The molecule has 0 unspecified atom stereocenters. The van der Waals surface area contributed by atoms with Gasteiger partial charge >= 0.3 is 5.97 Å². The summed E-state index contributed by atoms with van der Waals surface area (Å²) in [6.07, 6.45) is 4.47. The number of carbonyl (C=O) groups excluding carboxylic acids is 1. The first-order valence-corrected chi connectivity index (χ1v) is 10.6. The Labute approximate surface area is 171 Å². The van der Waals surface area contributed by atoms with E-state index in [1.165, 1.54) is 5.56 Å². The highest BCUT2D eigenvalue weighted by Gasteiger charge is 2.21. The third-order valence-electron chi connectivity index (χ3n) is 5.94. The Morgan fingerprint density at radius 3 is 2.79 bits per heavy atom. The van der Waals surface area contributed by atoms with Crippen LogP contribution >= 0.6 is 0 Å². The number of aryl methyl sites for hydroxylation is 2. The maximum absolute atomic E-state index is 13.1. The highest BCUT2D eigenvalue weighted by Crippen LogP contribution is 2.29. The zero-order chi connectivity index (χ0) is 20.4. The molecule has 6 nitrogen and oxygen atoms in total. The average Bonchev–Trinajstić information content (AvgIpc) is 2.75. The van der Waals surface area contributed by atoms with Crippen molar-refractivity contribution in [3.63, 3.8) is 0 Å². The smallest absolute Gasteiger partial charge is 0.343 e. The fourth-order valence-electron chi connectivity index (χ4n) is 4.37. The number of esters is 1. The number of hydrogen-bond donors (Lipinski definition) is 1. The fraction of sp³-hybridized carbons (Fsp3) is 0.478. The van der Waals surface area contributed by atoms with Crippen molar-refractivity contribution in [3.8, 4) is 0 Å². The number of ether oxygens (including phenoxy) is 1. The Hall–Kier alpha value is -2.44. The first kappa shape index (κ1) is 19.9. The molecule has 0 aliphatic carbocycles. The standard InChI is InChI=1S/C23H29N3O3/c1-3-29-23(28)20-15-26-9-4-5-17-13-18(14-19(21(17)26)22(20)27)16(2)6-10-25-11-7-24-8-12-25/h13-15,24H,2-12H2,1H3. The second-order valence-corrected chi connectivity index (χ2v) is 7.87.